The summed E-state index contributed by atoms with van der Waals surface area (Å²) >= 11 is 0. The third-order valence-corrected chi connectivity index (χ3v) is 7.74. The summed E-state index contributed by atoms with van der Waals surface area (Å²) in [5.74, 6) is -0.820. The fourth-order valence-corrected chi connectivity index (χ4v) is 5.74. The summed E-state index contributed by atoms with van der Waals surface area (Å²) < 4.78 is 29.0. The first kappa shape index (κ1) is 22.8. The summed E-state index contributed by atoms with van der Waals surface area (Å²) in [4.78, 5) is 27.3. The molecule has 0 saturated heterocycles. The maximum atomic E-state index is 13.2. The van der Waals surface area contributed by atoms with Gasteiger partial charge in [0.2, 0.25) is 11.8 Å². The Labute approximate surface area is 213 Å². The highest BCUT2D eigenvalue weighted by Crippen LogP contribution is 2.40. The van der Waals surface area contributed by atoms with Gasteiger partial charge in [0.05, 0.1) is 27.6 Å². The number of rotatable bonds is 4. The van der Waals surface area contributed by atoms with E-state index in [0.29, 0.717) is 22.7 Å². The number of nitrogens with one attached hydrogen (secondary N) is 2. The number of carbonyl (C=O) groups excluding carboxylic acids is 2. The first-order valence-corrected chi connectivity index (χ1v) is 13.1. The number of benzene rings is 5. The molecule has 2 N–H and O–H groups in total. The lowest BCUT2D eigenvalue weighted by Crippen LogP contribution is -2.26. The summed E-state index contributed by atoms with van der Waals surface area (Å²) in [6.45, 7) is 0. The molecule has 0 unspecified atom stereocenters. The van der Waals surface area contributed by atoms with Gasteiger partial charge in [0.1, 0.15) is 6.42 Å². The Bertz CT molecular complexity index is 1830. The molecular weight excluding hydrogens is 486 g/mol. The minimum Gasteiger partial charge on any atom is -0.323 e. The van der Waals surface area contributed by atoms with Crippen LogP contribution in [0.25, 0.3) is 21.5 Å². The summed E-state index contributed by atoms with van der Waals surface area (Å²) in [6, 6.07) is 30.3. The number of carbonyl (C=O) groups is 2. The van der Waals surface area contributed by atoms with Crippen LogP contribution >= 0.6 is 0 Å². The van der Waals surface area contributed by atoms with Crippen LogP contribution in [-0.2, 0) is 19.6 Å². The lowest BCUT2D eigenvalue weighted by molar-refractivity contribution is -0.124. The van der Waals surface area contributed by atoms with E-state index in [2.05, 4.69) is 10.0 Å². The SMILES string of the molecule is O=C1CC(=O)N(c2cccc(NS(=O)(=O)c3ccc4ccccc4c3)c2)c2ccc3ccccc3c2N1. The van der Waals surface area contributed by atoms with E-state index in [9.17, 15) is 18.0 Å². The molecule has 0 radical (unpaired) electrons. The van der Waals surface area contributed by atoms with Crippen molar-refractivity contribution in [3.8, 4) is 0 Å². The lowest BCUT2D eigenvalue weighted by atomic mass is 10.1. The predicted octanol–water partition coefficient (Wildman–Crippen LogP) is 5.80. The highest BCUT2D eigenvalue weighted by molar-refractivity contribution is 7.92. The van der Waals surface area contributed by atoms with E-state index in [-0.39, 0.29) is 11.3 Å². The van der Waals surface area contributed by atoms with Gasteiger partial charge in [0, 0.05) is 5.39 Å². The average molecular weight is 508 g/mol. The van der Waals surface area contributed by atoms with Gasteiger partial charge in [-0.05, 0) is 52.6 Å². The Morgan fingerprint density at radius 3 is 2.30 bits per heavy atom. The van der Waals surface area contributed by atoms with E-state index in [1.165, 1.54) is 4.90 Å². The van der Waals surface area contributed by atoms with Crippen molar-refractivity contribution in [2.75, 3.05) is 14.9 Å². The molecule has 2 amide bonds. The van der Waals surface area contributed by atoms with Crippen LogP contribution in [0.3, 0.4) is 0 Å². The molecular formula is C29H21N3O4S. The van der Waals surface area contributed by atoms with Gasteiger partial charge in [0.25, 0.3) is 10.0 Å². The van der Waals surface area contributed by atoms with Crippen molar-refractivity contribution in [2.24, 2.45) is 0 Å². The zero-order valence-electron chi connectivity index (χ0n) is 19.5. The van der Waals surface area contributed by atoms with Crippen LogP contribution in [0, 0.1) is 0 Å². The number of fused-ring (bicyclic) bond motifs is 4. The van der Waals surface area contributed by atoms with Gasteiger partial charge in [-0.15, -0.1) is 0 Å². The van der Waals surface area contributed by atoms with Crippen LogP contribution in [0.2, 0.25) is 0 Å². The van der Waals surface area contributed by atoms with Gasteiger partial charge in [-0.3, -0.25) is 19.2 Å². The first-order chi connectivity index (χ1) is 17.9. The molecule has 8 heteroatoms. The van der Waals surface area contributed by atoms with Crippen LogP contribution in [-0.4, -0.2) is 20.2 Å². The topological polar surface area (TPSA) is 95.6 Å². The number of nitrogens with zero attached hydrogens (tertiary/aromatic N) is 1. The fraction of sp³-hybridized carbons (Fsp3) is 0.0345. The van der Waals surface area contributed by atoms with Gasteiger partial charge >= 0.3 is 0 Å². The minimum absolute atomic E-state index is 0.133. The molecule has 37 heavy (non-hydrogen) atoms. The van der Waals surface area contributed by atoms with Gasteiger partial charge in [0.15, 0.2) is 0 Å². The van der Waals surface area contributed by atoms with E-state index < -0.39 is 21.8 Å². The summed E-state index contributed by atoms with van der Waals surface area (Å²) in [5.41, 5.74) is 1.79. The van der Waals surface area contributed by atoms with Crippen molar-refractivity contribution in [3.05, 3.63) is 103 Å². The second-order valence-corrected chi connectivity index (χ2v) is 10.5. The molecule has 182 valence electrons. The maximum Gasteiger partial charge on any atom is 0.261 e. The van der Waals surface area contributed by atoms with Gasteiger partial charge in [-0.25, -0.2) is 8.42 Å². The van der Waals surface area contributed by atoms with Crippen molar-refractivity contribution in [2.45, 2.75) is 11.3 Å². The van der Waals surface area contributed by atoms with Gasteiger partial charge in [-0.1, -0.05) is 66.7 Å². The highest BCUT2D eigenvalue weighted by atomic mass is 32.2. The minimum atomic E-state index is -3.89. The molecule has 0 bridgehead atoms. The van der Waals surface area contributed by atoms with Crippen molar-refractivity contribution in [3.63, 3.8) is 0 Å². The predicted molar refractivity (Wildman–Crippen MR) is 146 cm³/mol. The molecule has 1 aliphatic rings. The van der Waals surface area contributed by atoms with E-state index >= 15 is 0 Å². The molecule has 0 aromatic heterocycles. The van der Waals surface area contributed by atoms with E-state index in [4.69, 9.17) is 0 Å². The molecule has 6 rings (SSSR count). The molecule has 0 spiro atoms. The van der Waals surface area contributed by atoms with E-state index in [1.807, 2.05) is 54.6 Å². The molecule has 7 nitrogen and oxygen atoms in total. The van der Waals surface area contributed by atoms with Crippen LogP contribution in [0.4, 0.5) is 22.7 Å². The molecule has 0 fully saturated rings. The summed E-state index contributed by atoms with van der Waals surface area (Å²) in [5, 5.41) is 6.36. The van der Waals surface area contributed by atoms with Crippen molar-refractivity contribution in [1.29, 1.82) is 0 Å². The third-order valence-electron chi connectivity index (χ3n) is 6.36. The number of amides is 2. The average Bonchev–Trinajstić information content (AvgIpc) is 3.02. The number of anilines is 4. The summed E-state index contributed by atoms with van der Waals surface area (Å²) in [6.07, 6.45) is -0.337. The van der Waals surface area contributed by atoms with Crippen LogP contribution in [0.5, 0.6) is 0 Å². The third kappa shape index (κ3) is 4.17. The highest BCUT2D eigenvalue weighted by Gasteiger charge is 2.29. The molecule has 0 saturated carbocycles. The Morgan fingerprint density at radius 1 is 0.730 bits per heavy atom. The van der Waals surface area contributed by atoms with E-state index in [0.717, 1.165) is 21.5 Å². The lowest BCUT2D eigenvalue weighted by Gasteiger charge is -2.24. The van der Waals surface area contributed by atoms with Crippen LogP contribution < -0.4 is 14.9 Å². The monoisotopic (exact) mass is 507 g/mol. The van der Waals surface area contributed by atoms with Crippen LogP contribution in [0.1, 0.15) is 6.42 Å². The number of hydrogen-bond donors (Lipinski definition) is 2. The van der Waals surface area contributed by atoms with Crippen LogP contribution in [0.15, 0.2) is 108 Å². The maximum absolute atomic E-state index is 13.2. The number of hydrogen-bond acceptors (Lipinski definition) is 4. The second kappa shape index (κ2) is 8.76. The molecule has 0 aliphatic carbocycles. The van der Waals surface area contributed by atoms with Crippen molar-refractivity contribution in [1.82, 2.24) is 0 Å². The molecule has 5 aromatic carbocycles. The largest absolute Gasteiger partial charge is 0.323 e. The Balaban J connectivity index is 1.40. The normalized spacial score (nSPS) is 13.8. The zero-order chi connectivity index (χ0) is 25.6. The van der Waals surface area contributed by atoms with Crippen molar-refractivity contribution < 1.29 is 18.0 Å². The fourth-order valence-electron chi connectivity index (χ4n) is 4.65. The molecule has 0 atom stereocenters. The standard InChI is InChI=1S/C29H21N3O4S/c33-27-18-28(34)32(26-15-13-20-7-3-4-11-25(20)29(26)30-27)23-10-5-9-22(17-23)31-37(35,36)24-14-12-19-6-1-2-8-21(19)16-24/h1-17,31H,18H2,(H,30,33). The molecule has 1 aliphatic heterocycles. The smallest absolute Gasteiger partial charge is 0.261 e. The second-order valence-electron chi connectivity index (χ2n) is 8.80. The van der Waals surface area contributed by atoms with E-state index in [1.54, 1.807) is 48.5 Å². The van der Waals surface area contributed by atoms with Crippen molar-refractivity contribution >= 4 is 66.1 Å². The molecule has 5 aromatic rings. The number of sulfonamides is 1. The molecule has 1 heterocycles. The summed E-state index contributed by atoms with van der Waals surface area (Å²) in [7, 11) is -3.89. The quantitative estimate of drug-likeness (QED) is 0.301. The Kier molecular flexibility index (Phi) is 5.39. The van der Waals surface area contributed by atoms with Gasteiger partial charge < -0.3 is 5.32 Å². The Morgan fingerprint density at radius 2 is 1.46 bits per heavy atom. The first-order valence-electron chi connectivity index (χ1n) is 11.7. The zero-order valence-corrected chi connectivity index (χ0v) is 20.3. The van der Waals surface area contributed by atoms with Gasteiger partial charge in [-0.2, -0.15) is 0 Å². The Hall–Kier alpha value is -4.69.